The fourth-order valence-corrected chi connectivity index (χ4v) is 5.96. The molecule has 2 amide bonds. The Morgan fingerprint density at radius 1 is 0.621 bits per heavy atom. The Balaban J connectivity index is 1.59. The number of halogens is 2. The molecule has 7 rings (SSSR count). The number of carbonyl (C=O) groups is 2. The van der Waals surface area contributed by atoms with E-state index in [0.717, 1.165) is 22.3 Å². The summed E-state index contributed by atoms with van der Waals surface area (Å²) in [5.74, 6) is -1.49. The van der Waals surface area contributed by atoms with Crippen molar-refractivity contribution in [3.63, 3.8) is 0 Å². The van der Waals surface area contributed by atoms with Gasteiger partial charge in [0.15, 0.2) is 0 Å². The van der Waals surface area contributed by atoms with Crippen molar-refractivity contribution in [2.24, 2.45) is 11.8 Å². The van der Waals surface area contributed by atoms with Gasteiger partial charge in [-0.25, -0.2) is 4.90 Å². The third-order valence-corrected chi connectivity index (χ3v) is 7.43. The van der Waals surface area contributed by atoms with Crippen LogP contribution in [0.2, 0.25) is 10.0 Å². The first-order valence-corrected chi connectivity index (χ1v) is 10.3. The Labute approximate surface area is 177 Å². The fourth-order valence-electron chi connectivity index (χ4n) is 5.58. The lowest BCUT2D eigenvalue weighted by molar-refractivity contribution is -0.122. The van der Waals surface area contributed by atoms with E-state index in [-0.39, 0.29) is 28.7 Å². The first-order valence-electron chi connectivity index (χ1n) is 9.59. The van der Waals surface area contributed by atoms with Crippen molar-refractivity contribution in [2.45, 2.75) is 11.8 Å². The van der Waals surface area contributed by atoms with Gasteiger partial charge >= 0.3 is 0 Å². The number of carbonyl (C=O) groups excluding carboxylic acids is 2. The highest BCUT2D eigenvalue weighted by Crippen LogP contribution is 2.61. The topological polar surface area (TPSA) is 37.4 Å². The maximum Gasteiger partial charge on any atom is 0.238 e. The zero-order chi connectivity index (χ0) is 19.9. The summed E-state index contributed by atoms with van der Waals surface area (Å²) in [7, 11) is 0. The Hall–Kier alpha value is -2.62. The predicted octanol–water partition coefficient (Wildman–Crippen LogP) is 5.39. The second kappa shape index (κ2) is 5.94. The molecule has 0 radical (unpaired) electrons. The van der Waals surface area contributed by atoms with Gasteiger partial charge in [0.1, 0.15) is 0 Å². The van der Waals surface area contributed by atoms with E-state index in [1.807, 2.05) is 24.3 Å². The molecule has 3 aromatic carbocycles. The molecule has 5 heteroatoms. The second-order valence-corrected chi connectivity index (χ2v) is 8.63. The predicted molar refractivity (Wildman–Crippen MR) is 113 cm³/mol. The number of nitrogens with zero attached hydrogens (tertiary/aromatic N) is 1. The van der Waals surface area contributed by atoms with Crippen LogP contribution in [0.15, 0.2) is 66.7 Å². The number of hydrogen-bond donors (Lipinski definition) is 0. The smallest absolute Gasteiger partial charge is 0.238 e. The zero-order valence-corrected chi connectivity index (χ0v) is 16.7. The third-order valence-electron chi connectivity index (χ3n) is 6.62. The van der Waals surface area contributed by atoms with Gasteiger partial charge < -0.3 is 0 Å². The Bertz CT molecular complexity index is 1110. The van der Waals surface area contributed by atoms with Crippen LogP contribution < -0.4 is 4.90 Å². The van der Waals surface area contributed by atoms with Gasteiger partial charge in [-0.1, -0.05) is 77.8 Å². The number of amides is 2. The standard InChI is InChI=1S/C24H15Cl2NO2/c25-16-10-5-11-17(22(16)26)27-23(28)20-18-12-6-1-2-7-13(12)19(21(20)24(27)29)15-9-4-3-8-14(15)18/h1-11,18-21H/t18?,19?,20-,21-/m0/s1. The molecule has 2 atom stereocenters. The van der Waals surface area contributed by atoms with Gasteiger partial charge in [0, 0.05) is 11.8 Å². The maximum atomic E-state index is 13.6. The highest BCUT2D eigenvalue weighted by molar-refractivity contribution is 6.45. The molecule has 3 aromatic rings. The Morgan fingerprint density at radius 3 is 1.52 bits per heavy atom. The highest BCUT2D eigenvalue weighted by atomic mass is 35.5. The van der Waals surface area contributed by atoms with Crippen LogP contribution in [0.5, 0.6) is 0 Å². The van der Waals surface area contributed by atoms with Crippen molar-refractivity contribution in [1.82, 2.24) is 0 Å². The molecule has 0 aromatic heterocycles. The molecule has 1 saturated heterocycles. The summed E-state index contributed by atoms with van der Waals surface area (Å²) in [5, 5.41) is 0.561. The second-order valence-electron chi connectivity index (χ2n) is 7.85. The van der Waals surface area contributed by atoms with Crippen molar-refractivity contribution >= 4 is 40.7 Å². The number of benzene rings is 3. The molecule has 1 aliphatic heterocycles. The molecule has 3 aliphatic carbocycles. The van der Waals surface area contributed by atoms with Crippen LogP contribution in [-0.4, -0.2) is 11.8 Å². The van der Waals surface area contributed by atoms with Gasteiger partial charge in [-0.2, -0.15) is 0 Å². The quantitative estimate of drug-likeness (QED) is 0.495. The van der Waals surface area contributed by atoms with Crippen LogP contribution in [0, 0.1) is 11.8 Å². The van der Waals surface area contributed by atoms with E-state index in [1.165, 1.54) is 4.90 Å². The molecule has 1 fully saturated rings. The van der Waals surface area contributed by atoms with E-state index in [2.05, 4.69) is 24.3 Å². The van der Waals surface area contributed by atoms with Gasteiger partial charge in [0.05, 0.1) is 27.6 Å². The lowest BCUT2D eigenvalue weighted by Crippen LogP contribution is -2.41. The lowest BCUT2D eigenvalue weighted by atomic mass is 9.55. The summed E-state index contributed by atoms with van der Waals surface area (Å²) in [6, 6.07) is 21.4. The number of hydrogen-bond acceptors (Lipinski definition) is 2. The first kappa shape index (κ1) is 17.3. The van der Waals surface area contributed by atoms with E-state index >= 15 is 0 Å². The monoisotopic (exact) mass is 419 g/mol. The molecular weight excluding hydrogens is 405 g/mol. The van der Waals surface area contributed by atoms with Gasteiger partial charge in [-0.15, -0.1) is 0 Å². The molecular formula is C24H15Cl2NO2. The largest absolute Gasteiger partial charge is 0.274 e. The Morgan fingerprint density at radius 2 is 1.07 bits per heavy atom. The number of anilines is 1. The van der Waals surface area contributed by atoms with Crippen LogP contribution in [0.1, 0.15) is 34.1 Å². The summed E-state index contributed by atoms with van der Waals surface area (Å²) in [4.78, 5) is 28.5. The molecule has 0 spiro atoms. The van der Waals surface area contributed by atoms with E-state index in [4.69, 9.17) is 23.2 Å². The molecule has 1 heterocycles. The van der Waals surface area contributed by atoms with Crippen LogP contribution in [0.4, 0.5) is 5.69 Å². The minimum absolute atomic E-state index is 0.128. The van der Waals surface area contributed by atoms with E-state index in [0.29, 0.717) is 10.7 Å². The lowest BCUT2D eigenvalue weighted by Gasteiger charge is -2.45. The minimum Gasteiger partial charge on any atom is -0.274 e. The molecule has 142 valence electrons. The van der Waals surface area contributed by atoms with Crippen LogP contribution in [0.25, 0.3) is 0 Å². The van der Waals surface area contributed by atoms with Gasteiger partial charge in [0.25, 0.3) is 0 Å². The highest BCUT2D eigenvalue weighted by Gasteiger charge is 2.61. The summed E-state index contributed by atoms with van der Waals surface area (Å²) in [6.07, 6.45) is 0. The van der Waals surface area contributed by atoms with Crippen LogP contribution >= 0.6 is 23.2 Å². The van der Waals surface area contributed by atoms with Crippen molar-refractivity contribution < 1.29 is 9.59 Å². The maximum absolute atomic E-state index is 13.6. The molecule has 0 saturated carbocycles. The first-order chi connectivity index (χ1) is 14.1. The Kier molecular flexibility index (Phi) is 3.54. The SMILES string of the molecule is O=C1[C@H]2C3c4ccccc4C(c4ccccc43)[C@@H]2C(=O)N1c1cccc(Cl)c1Cl. The zero-order valence-electron chi connectivity index (χ0n) is 15.2. The molecule has 0 unspecified atom stereocenters. The van der Waals surface area contributed by atoms with Crippen molar-refractivity contribution in [1.29, 1.82) is 0 Å². The van der Waals surface area contributed by atoms with Crippen molar-refractivity contribution in [2.75, 3.05) is 4.90 Å². The minimum atomic E-state index is -0.424. The van der Waals surface area contributed by atoms with Crippen LogP contribution in [-0.2, 0) is 9.59 Å². The van der Waals surface area contributed by atoms with Crippen molar-refractivity contribution in [3.05, 3.63) is 99.0 Å². The third kappa shape index (κ3) is 2.09. The summed E-state index contributed by atoms with van der Waals surface area (Å²) >= 11 is 12.6. The molecule has 4 aliphatic rings. The average Bonchev–Trinajstić information content (AvgIpc) is 3.01. The summed E-state index contributed by atoms with van der Waals surface area (Å²) in [5.41, 5.74) is 4.97. The van der Waals surface area contributed by atoms with E-state index in [1.54, 1.807) is 18.2 Å². The number of rotatable bonds is 1. The summed E-state index contributed by atoms with van der Waals surface area (Å²) in [6.45, 7) is 0. The molecule has 0 N–H and O–H groups in total. The number of imide groups is 1. The van der Waals surface area contributed by atoms with E-state index < -0.39 is 11.8 Å². The van der Waals surface area contributed by atoms with Gasteiger partial charge in [-0.05, 0) is 34.4 Å². The van der Waals surface area contributed by atoms with E-state index in [9.17, 15) is 9.59 Å². The summed E-state index contributed by atoms with van der Waals surface area (Å²) < 4.78 is 0. The molecule has 3 nitrogen and oxygen atoms in total. The van der Waals surface area contributed by atoms with Gasteiger partial charge in [-0.3, -0.25) is 9.59 Å². The molecule has 2 bridgehead atoms. The fraction of sp³-hybridized carbons (Fsp3) is 0.167. The van der Waals surface area contributed by atoms with Crippen molar-refractivity contribution in [3.8, 4) is 0 Å². The molecule has 29 heavy (non-hydrogen) atoms. The van der Waals surface area contributed by atoms with Crippen LogP contribution in [0.3, 0.4) is 0 Å². The average molecular weight is 420 g/mol. The normalized spacial score (nSPS) is 26.3. The van der Waals surface area contributed by atoms with Gasteiger partial charge in [0.2, 0.25) is 11.8 Å².